The van der Waals surface area contributed by atoms with Crippen LogP contribution < -0.4 is 4.72 Å². The van der Waals surface area contributed by atoms with Crippen molar-refractivity contribution in [2.75, 3.05) is 4.72 Å². The first kappa shape index (κ1) is 21.4. The number of benzene rings is 4. The Hall–Kier alpha value is -2.86. The van der Waals surface area contributed by atoms with E-state index in [1.165, 1.54) is 18.2 Å². The van der Waals surface area contributed by atoms with E-state index in [1.807, 2.05) is 36.4 Å². The molecule has 0 heterocycles. The molecule has 0 radical (unpaired) electrons. The molecule has 4 aromatic rings. The quantitative estimate of drug-likeness (QED) is 0.333. The van der Waals surface area contributed by atoms with Crippen molar-refractivity contribution in [3.63, 3.8) is 0 Å². The second-order valence-electron chi connectivity index (χ2n) is 7.00. The van der Waals surface area contributed by atoms with E-state index in [9.17, 15) is 13.2 Å². The van der Waals surface area contributed by atoms with E-state index in [0.29, 0.717) is 22.0 Å². The highest BCUT2D eigenvalue weighted by molar-refractivity contribution is 7.92. The number of anilines is 1. The molecular formula is C24H17Cl2NO3S. The van der Waals surface area contributed by atoms with Gasteiger partial charge in [0, 0.05) is 27.4 Å². The molecule has 4 rings (SSSR count). The lowest BCUT2D eigenvalue weighted by atomic mass is 9.97. The number of rotatable bonds is 6. The van der Waals surface area contributed by atoms with Crippen molar-refractivity contribution in [2.24, 2.45) is 0 Å². The average Bonchev–Trinajstić information content (AvgIpc) is 2.73. The Morgan fingerprint density at radius 1 is 0.774 bits per heavy atom. The standard InChI is InChI=1S/C24H17Cl2NO3S/c25-17-13-18(26)15-19(14-17)31(29,30)27-23-11-5-8-20-21(23)9-4-10-22(20)24(28)12-16-6-2-1-3-7-16/h1-11,13-15,27H,12H2. The Morgan fingerprint density at radius 3 is 2.13 bits per heavy atom. The fraction of sp³-hybridized carbons (Fsp3) is 0.0417. The largest absolute Gasteiger partial charge is 0.294 e. The van der Waals surface area contributed by atoms with Gasteiger partial charge in [0.05, 0.1) is 10.6 Å². The fourth-order valence-corrected chi connectivity index (χ4v) is 5.21. The minimum Gasteiger partial charge on any atom is -0.294 e. The minimum atomic E-state index is -3.94. The Morgan fingerprint density at radius 2 is 1.42 bits per heavy atom. The van der Waals surface area contributed by atoms with Gasteiger partial charge in [-0.25, -0.2) is 8.42 Å². The Bertz CT molecular complexity index is 1370. The summed E-state index contributed by atoms with van der Waals surface area (Å²) >= 11 is 11.9. The molecule has 0 amide bonds. The molecule has 7 heteroatoms. The van der Waals surface area contributed by atoms with Crippen molar-refractivity contribution in [3.05, 3.63) is 106 Å². The molecule has 0 atom stereocenters. The second-order valence-corrected chi connectivity index (χ2v) is 9.56. The first-order valence-corrected chi connectivity index (χ1v) is 11.7. The predicted molar refractivity (Wildman–Crippen MR) is 126 cm³/mol. The van der Waals surface area contributed by atoms with Crippen LogP contribution in [-0.4, -0.2) is 14.2 Å². The predicted octanol–water partition coefficient (Wildman–Crippen LogP) is 6.37. The maximum absolute atomic E-state index is 13.0. The van der Waals surface area contributed by atoms with Crippen molar-refractivity contribution in [1.29, 1.82) is 0 Å². The van der Waals surface area contributed by atoms with Gasteiger partial charge >= 0.3 is 0 Å². The summed E-state index contributed by atoms with van der Waals surface area (Å²) in [6.45, 7) is 0. The first-order valence-electron chi connectivity index (χ1n) is 9.41. The number of carbonyl (C=O) groups is 1. The third-order valence-electron chi connectivity index (χ3n) is 4.82. The van der Waals surface area contributed by atoms with Crippen LogP contribution in [-0.2, 0) is 16.4 Å². The molecule has 156 valence electrons. The van der Waals surface area contributed by atoms with Crippen LogP contribution >= 0.6 is 23.2 Å². The molecule has 0 saturated carbocycles. The Balaban J connectivity index is 1.72. The van der Waals surface area contributed by atoms with Crippen LogP contribution in [0.25, 0.3) is 10.8 Å². The zero-order valence-corrected chi connectivity index (χ0v) is 18.5. The van der Waals surface area contributed by atoms with E-state index < -0.39 is 10.0 Å². The summed E-state index contributed by atoms with van der Waals surface area (Å²) in [6, 6.07) is 24.0. The molecule has 0 aliphatic carbocycles. The van der Waals surface area contributed by atoms with Gasteiger partial charge in [-0.05, 0) is 35.2 Å². The van der Waals surface area contributed by atoms with Crippen LogP contribution in [0.5, 0.6) is 0 Å². The summed E-state index contributed by atoms with van der Waals surface area (Å²) in [4.78, 5) is 12.9. The van der Waals surface area contributed by atoms with Crippen LogP contribution in [0.4, 0.5) is 5.69 Å². The van der Waals surface area contributed by atoms with E-state index in [2.05, 4.69) is 4.72 Å². The third-order valence-corrected chi connectivity index (χ3v) is 6.60. The molecule has 0 spiro atoms. The summed E-state index contributed by atoms with van der Waals surface area (Å²) in [5, 5.41) is 1.74. The Kier molecular flexibility index (Phi) is 6.01. The number of Topliss-reactive ketones (excluding diaryl/α,β-unsaturated/α-hetero) is 1. The number of ketones is 1. The maximum Gasteiger partial charge on any atom is 0.262 e. The zero-order valence-electron chi connectivity index (χ0n) is 16.2. The van der Waals surface area contributed by atoms with Crippen molar-refractivity contribution in [3.8, 4) is 0 Å². The SMILES string of the molecule is O=C(Cc1ccccc1)c1cccc2c(NS(=O)(=O)c3cc(Cl)cc(Cl)c3)cccc12. The molecule has 0 aliphatic rings. The minimum absolute atomic E-state index is 0.0431. The molecule has 4 nitrogen and oxygen atoms in total. The highest BCUT2D eigenvalue weighted by Gasteiger charge is 2.18. The lowest BCUT2D eigenvalue weighted by molar-refractivity contribution is 0.0994. The summed E-state index contributed by atoms with van der Waals surface area (Å²) < 4.78 is 28.4. The third kappa shape index (κ3) is 4.74. The van der Waals surface area contributed by atoms with E-state index in [-0.39, 0.29) is 27.1 Å². The number of carbonyl (C=O) groups excluding carboxylic acids is 1. The molecule has 0 fully saturated rings. The number of hydrogen-bond acceptors (Lipinski definition) is 3. The molecule has 0 saturated heterocycles. The number of fused-ring (bicyclic) bond motifs is 1. The van der Waals surface area contributed by atoms with Crippen molar-refractivity contribution < 1.29 is 13.2 Å². The maximum atomic E-state index is 13.0. The van der Waals surface area contributed by atoms with E-state index >= 15 is 0 Å². The van der Waals surface area contributed by atoms with Crippen LogP contribution in [0.1, 0.15) is 15.9 Å². The van der Waals surface area contributed by atoms with Gasteiger partial charge in [-0.1, -0.05) is 83.9 Å². The Labute approximate surface area is 190 Å². The molecule has 0 aliphatic heterocycles. The van der Waals surface area contributed by atoms with Crippen molar-refractivity contribution in [1.82, 2.24) is 0 Å². The lowest BCUT2D eigenvalue weighted by Crippen LogP contribution is -2.13. The van der Waals surface area contributed by atoms with Crippen LogP contribution in [0, 0.1) is 0 Å². The number of hydrogen-bond donors (Lipinski definition) is 1. The van der Waals surface area contributed by atoms with Gasteiger partial charge in [0.1, 0.15) is 0 Å². The van der Waals surface area contributed by atoms with Gasteiger partial charge in [-0.2, -0.15) is 0 Å². The van der Waals surface area contributed by atoms with Crippen molar-refractivity contribution >= 4 is 55.5 Å². The first-order chi connectivity index (χ1) is 14.8. The van der Waals surface area contributed by atoms with Crippen molar-refractivity contribution in [2.45, 2.75) is 11.3 Å². The van der Waals surface area contributed by atoms with Crippen LogP contribution in [0.3, 0.4) is 0 Å². The number of halogens is 2. The van der Waals surface area contributed by atoms with Gasteiger partial charge in [-0.3, -0.25) is 9.52 Å². The summed E-state index contributed by atoms with van der Waals surface area (Å²) in [7, 11) is -3.94. The summed E-state index contributed by atoms with van der Waals surface area (Å²) in [6.07, 6.45) is 0.261. The molecule has 1 N–H and O–H groups in total. The van der Waals surface area contributed by atoms with E-state index in [1.54, 1.807) is 30.3 Å². The van der Waals surface area contributed by atoms with Gasteiger partial charge in [-0.15, -0.1) is 0 Å². The normalized spacial score (nSPS) is 11.4. The molecule has 31 heavy (non-hydrogen) atoms. The highest BCUT2D eigenvalue weighted by Crippen LogP contribution is 2.30. The van der Waals surface area contributed by atoms with Gasteiger partial charge < -0.3 is 0 Å². The fourth-order valence-electron chi connectivity index (χ4n) is 3.41. The smallest absolute Gasteiger partial charge is 0.262 e. The molecular weight excluding hydrogens is 453 g/mol. The summed E-state index contributed by atoms with van der Waals surface area (Å²) in [5.41, 5.74) is 1.82. The van der Waals surface area contributed by atoms with E-state index in [0.717, 1.165) is 5.56 Å². The summed E-state index contributed by atoms with van der Waals surface area (Å²) in [5.74, 6) is -0.0431. The molecule has 0 bridgehead atoms. The zero-order chi connectivity index (χ0) is 22.0. The topological polar surface area (TPSA) is 63.2 Å². The second kappa shape index (κ2) is 8.71. The van der Waals surface area contributed by atoms with E-state index in [4.69, 9.17) is 23.2 Å². The molecule has 0 aromatic heterocycles. The molecule has 0 unspecified atom stereocenters. The number of nitrogens with one attached hydrogen (secondary N) is 1. The van der Waals surface area contributed by atoms with Crippen LogP contribution in [0.2, 0.25) is 10.0 Å². The molecule has 4 aromatic carbocycles. The monoisotopic (exact) mass is 469 g/mol. The number of sulfonamides is 1. The van der Waals surface area contributed by atoms with Gasteiger partial charge in [0.2, 0.25) is 0 Å². The van der Waals surface area contributed by atoms with Gasteiger partial charge in [0.15, 0.2) is 5.78 Å². The van der Waals surface area contributed by atoms with Crippen LogP contribution in [0.15, 0.2) is 89.8 Å². The van der Waals surface area contributed by atoms with Gasteiger partial charge in [0.25, 0.3) is 10.0 Å². The highest BCUT2D eigenvalue weighted by atomic mass is 35.5. The average molecular weight is 470 g/mol. The lowest BCUT2D eigenvalue weighted by Gasteiger charge is -2.13.